The molecule has 0 aliphatic rings. The van der Waals surface area contributed by atoms with E-state index in [9.17, 15) is 19.5 Å². The van der Waals surface area contributed by atoms with Crippen molar-refractivity contribution in [3.8, 4) is 0 Å². The van der Waals surface area contributed by atoms with Crippen LogP contribution in [0.15, 0.2) is 18.3 Å². The fourth-order valence-corrected chi connectivity index (χ4v) is 2.08. The maximum atomic E-state index is 12.0. The van der Waals surface area contributed by atoms with Crippen molar-refractivity contribution in [1.29, 1.82) is 0 Å². The summed E-state index contributed by atoms with van der Waals surface area (Å²) in [5.41, 5.74) is -0.635. The van der Waals surface area contributed by atoms with E-state index in [-0.39, 0.29) is 23.8 Å². The van der Waals surface area contributed by atoms with E-state index >= 15 is 0 Å². The van der Waals surface area contributed by atoms with E-state index in [0.29, 0.717) is 12.3 Å². The molecule has 0 aromatic carbocycles. The first-order chi connectivity index (χ1) is 12.0. The number of pyridine rings is 1. The summed E-state index contributed by atoms with van der Waals surface area (Å²) in [4.78, 5) is 41.1. The van der Waals surface area contributed by atoms with Crippen LogP contribution in [0.4, 0.5) is 5.69 Å². The Morgan fingerprint density at radius 1 is 1.27 bits per heavy atom. The average Bonchev–Trinajstić information content (AvgIpc) is 2.57. The number of carbonyl (C=O) groups is 3. The lowest BCUT2D eigenvalue weighted by Crippen LogP contribution is -2.44. The second-order valence-electron chi connectivity index (χ2n) is 7.20. The molecule has 0 spiro atoms. The van der Waals surface area contributed by atoms with E-state index in [1.807, 2.05) is 13.8 Å². The van der Waals surface area contributed by atoms with Crippen molar-refractivity contribution in [2.24, 2.45) is 5.92 Å². The largest absolute Gasteiger partial charge is 0.388 e. The number of amides is 3. The van der Waals surface area contributed by atoms with Crippen LogP contribution in [-0.2, 0) is 9.59 Å². The van der Waals surface area contributed by atoms with Crippen LogP contribution >= 0.6 is 0 Å². The lowest BCUT2D eigenvalue weighted by Gasteiger charge is -2.24. The monoisotopic (exact) mass is 364 g/mol. The van der Waals surface area contributed by atoms with E-state index in [1.54, 1.807) is 21.0 Å². The van der Waals surface area contributed by atoms with Crippen LogP contribution in [0.3, 0.4) is 0 Å². The lowest BCUT2D eigenvalue weighted by atomic mass is 9.95. The summed E-state index contributed by atoms with van der Waals surface area (Å²) in [6.45, 7) is 5.69. The van der Waals surface area contributed by atoms with Crippen LogP contribution in [0.1, 0.15) is 44.1 Å². The fourth-order valence-electron chi connectivity index (χ4n) is 2.08. The quantitative estimate of drug-likeness (QED) is 0.626. The zero-order valence-corrected chi connectivity index (χ0v) is 16.0. The Bertz CT molecular complexity index is 656. The summed E-state index contributed by atoms with van der Waals surface area (Å²) in [5.74, 6) is -1.61. The SMILES string of the molecule is CC(C)CC[C@@](C)(O)CNC(=O)C(=O)Nc1ccnc(C(=O)N(C)C)c1. The lowest BCUT2D eigenvalue weighted by molar-refractivity contribution is -0.136. The molecule has 0 fully saturated rings. The first-order valence-electron chi connectivity index (χ1n) is 8.51. The Labute approximate surface area is 154 Å². The minimum atomic E-state index is -1.08. The van der Waals surface area contributed by atoms with Gasteiger partial charge in [-0.15, -0.1) is 0 Å². The molecule has 1 heterocycles. The number of hydrogen-bond donors (Lipinski definition) is 3. The molecule has 3 amide bonds. The highest BCUT2D eigenvalue weighted by Gasteiger charge is 2.23. The van der Waals surface area contributed by atoms with Gasteiger partial charge in [-0.25, -0.2) is 0 Å². The summed E-state index contributed by atoms with van der Waals surface area (Å²) in [7, 11) is 3.18. The summed E-state index contributed by atoms with van der Waals surface area (Å²) in [6.07, 6.45) is 2.71. The van der Waals surface area contributed by atoms with Gasteiger partial charge < -0.3 is 20.6 Å². The van der Waals surface area contributed by atoms with Crippen LogP contribution in [0.2, 0.25) is 0 Å². The van der Waals surface area contributed by atoms with Crippen molar-refractivity contribution >= 4 is 23.4 Å². The maximum absolute atomic E-state index is 12.0. The van der Waals surface area contributed by atoms with E-state index in [2.05, 4.69) is 15.6 Å². The molecule has 1 rings (SSSR count). The highest BCUT2D eigenvalue weighted by atomic mass is 16.3. The molecule has 1 atom stereocenters. The highest BCUT2D eigenvalue weighted by molar-refractivity contribution is 6.39. The molecule has 0 saturated heterocycles. The maximum Gasteiger partial charge on any atom is 0.313 e. The molecule has 0 bridgehead atoms. The second-order valence-corrected chi connectivity index (χ2v) is 7.20. The normalized spacial score (nSPS) is 13.0. The Morgan fingerprint density at radius 3 is 2.50 bits per heavy atom. The molecule has 1 aromatic rings. The third-order valence-corrected chi connectivity index (χ3v) is 3.74. The van der Waals surface area contributed by atoms with Gasteiger partial charge in [0.15, 0.2) is 0 Å². The van der Waals surface area contributed by atoms with Gasteiger partial charge in [0.1, 0.15) is 5.69 Å². The van der Waals surface area contributed by atoms with Crippen molar-refractivity contribution in [3.63, 3.8) is 0 Å². The van der Waals surface area contributed by atoms with E-state index in [1.165, 1.54) is 23.2 Å². The number of nitrogens with one attached hydrogen (secondary N) is 2. The van der Waals surface area contributed by atoms with Gasteiger partial charge in [0.25, 0.3) is 5.91 Å². The minimum absolute atomic E-state index is 0.0211. The molecule has 1 aromatic heterocycles. The Morgan fingerprint density at radius 2 is 1.92 bits per heavy atom. The molecule has 26 heavy (non-hydrogen) atoms. The number of aliphatic hydroxyl groups is 1. The predicted octanol–water partition coefficient (Wildman–Crippen LogP) is 1.03. The first-order valence-corrected chi connectivity index (χ1v) is 8.51. The Hall–Kier alpha value is -2.48. The molecule has 0 unspecified atom stereocenters. The zero-order chi connectivity index (χ0) is 19.9. The predicted molar refractivity (Wildman–Crippen MR) is 98.6 cm³/mol. The Balaban J connectivity index is 2.61. The van der Waals surface area contributed by atoms with Crippen molar-refractivity contribution in [2.45, 2.75) is 39.2 Å². The van der Waals surface area contributed by atoms with E-state index in [4.69, 9.17) is 0 Å². The molecule has 8 heteroatoms. The third kappa shape index (κ3) is 7.18. The van der Waals surface area contributed by atoms with E-state index in [0.717, 1.165) is 6.42 Å². The van der Waals surface area contributed by atoms with Crippen LogP contribution in [-0.4, -0.2) is 59.0 Å². The van der Waals surface area contributed by atoms with E-state index < -0.39 is 17.4 Å². The molecule has 0 radical (unpaired) electrons. The molecule has 3 N–H and O–H groups in total. The van der Waals surface area contributed by atoms with Gasteiger partial charge in [-0.2, -0.15) is 0 Å². The number of rotatable bonds is 7. The molecule has 0 aliphatic carbocycles. The summed E-state index contributed by atoms with van der Waals surface area (Å²) in [5, 5.41) is 15.1. The summed E-state index contributed by atoms with van der Waals surface area (Å²) in [6, 6.07) is 2.88. The highest BCUT2D eigenvalue weighted by Crippen LogP contribution is 2.15. The summed E-state index contributed by atoms with van der Waals surface area (Å²) >= 11 is 0. The minimum Gasteiger partial charge on any atom is -0.388 e. The standard InChI is InChI=1S/C18H28N4O4/c1-12(2)6-8-18(3,26)11-20-15(23)16(24)21-13-7-9-19-14(10-13)17(25)22(4)5/h7,9-10,12,26H,6,8,11H2,1-5H3,(H,20,23)(H,19,21,24)/t18-/m1/s1. The zero-order valence-electron chi connectivity index (χ0n) is 16.0. The fraction of sp³-hybridized carbons (Fsp3) is 0.556. The number of nitrogens with zero attached hydrogens (tertiary/aromatic N) is 2. The first kappa shape index (κ1) is 21.6. The van der Waals surface area contributed by atoms with Gasteiger partial charge in [-0.05, 0) is 37.8 Å². The van der Waals surface area contributed by atoms with Crippen LogP contribution in [0, 0.1) is 5.92 Å². The third-order valence-electron chi connectivity index (χ3n) is 3.74. The van der Waals surface area contributed by atoms with Crippen molar-refractivity contribution in [3.05, 3.63) is 24.0 Å². The number of carbonyl (C=O) groups excluding carboxylic acids is 3. The van der Waals surface area contributed by atoms with Gasteiger partial charge in [0.05, 0.1) is 5.60 Å². The van der Waals surface area contributed by atoms with Gasteiger partial charge in [0.2, 0.25) is 0 Å². The number of anilines is 1. The Kier molecular flexibility index (Phi) is 7.70. The molecule has 0 saturated carbocycles. The topological polar surface area (TPSA) is 112 Å². The second kappa shape index (κ2) is 9.28. The molecular weight excluding hydrogens is 336 g/mol. The van der Waals surface area contributed by atoms with Crippen LogP contribution in [0.5, 0.6) is 0 Å². The van der Waals surface area contributed by atoms with Crippen molar-refractivity contribution in [2.75, 3.05) is 26.0 Å². The van der Waals surface area contributed by atoms with Gasteiger partial charge in [-0.1, -0.05) is 13.8 Å². The van der Waals surface area contributed by atoms with Crippen molar-refractivity contribution in [1.82, 2.24) is 15.2 Å². The smallest absolute Gasteiger partial charge is 0.313 e. The summed E-state index contributed by atoms with van der Waals surface area (Å²) < 4.78 is 0. The van der Waals surface area contributed by atoms with Crippen molar-refractivity contribution < 1.29 is 19.5 Å². The molecule has 144 valence electrons. The molecule has 8 nitrogen and oxygen atoms in total. The van der Waals surface area contributed by atoms with Crippen LogP contribution in [0.25, 0.3) is 0 Å². The van der Waals surface area contributed by atoms with Gasteiger partial charge in [-0.3, -0.25) is 19.4 Å². The number of hydrogen-bond acceptors (Lipinski definition) is 5. The van der Waals surface area contributed by atoms with Crippen LogP contribution < -0.4 is 10.6 Å². The number of aromatic nitrogens is 1. The average molecular weight is 364 g/mol. The van der Waals surface area contributed by atoms with Gasteiger partial charge >= 0.3 is 11.8 Å². The molecular formula is C18H28N4O4. The molecule has 0 aliphatic heterocycles. The van der Waals surface area contributed by atoms with Gasteiger partial charge in [0, 0.05) is 32.5 Å².